The summed E-state index contributed by atoms with van der Waals surface area (Å²) in [6, 6.07) is 4.73. The van der Waals surface area contributed by atoms with Crippen molar-refractivity contribution in [3.8, 4) is 5.75 Å². The van der Waals surface area contributed by atoms with Gasteiger partial charge in [-0.2, -0.15) is 0 Å². The van der Waals surface area contributed by atoms with E-state index in [0.717, 1.165) is 0 Å². The van der Waals surface area contributed by atoms with Crippen LogP contribution in [0, 0.1) is 0 Å². The van der Waals surface area contributed by atoms with Crippen molar-refractivity contribution in [1.82, 2.24) is 0 Å². The van der Waals surface area contributed by atoms with Gasteiger partial charge in [0.15, 0.2) is 0 Å². The lowest BCUT2D eigenvalue weighted by Crippen LogP contribution is -2.34. The zero-order valence-corrected chi connectivity index (χ0v) is 13.6. The molecule has 0 heterocycles. The number of alkyl halides is 2. The Balaban J connectivity index is 2.87. The van der Waals surface area contributed by atoms with Crippen LogP contribution < -0.4 is 10.1 Å². The van der Waals surface area contributed by atoms with Crippen molar-refractivity contribution in [2.75, 3.05) is 12.4 Å². The molecule has 0 aliphatic carbocycles. The smallest absolute Gasteiger partial charge is 0.318 e. The van der Waals surface area contributed by atoms with Gasteiger partial charge >= 0.3 is 5.97 Å². The van der Waals surface area contributed by atoms with E-state index in [2.05, 4.69) is 37.2 Å². The van der Waals surface area contributed by atoms with E-state index in [9.17, 15) is 9.59 Å². The number of ether oxygens (including phenoxy) is 1. The van der Waals surface area contributed by atoms with Crippen LogP contribution in [-0.2, 0) is 9.59 Å². The van der Waals surface area contributed by atoms with Crippen LogP contribution in [0.1, 0.15) is 0 Å². The molecule has 0 bridgehead atoms. The Labute approximate surface area is 131 Å². The van der Waals surface area contributed by atoms with Crippen LogP contribution in [0.5, 0.6) is 5.75 Å². The first kappa shape index (κ1) is 16.3. The number of carboxylic acids is 1. The van der Waals surface area contributed by atoms with E-state index in [1.165, 1.54) is 13.2 Å². The Bertz CT molecular complexity index is 498. The molecule has 0 radical (unpaired) electrons. The lowest BCUT2D eigenvalue weighted by Gasteiger charge is -2.15. The monoisotopic (exact) mass is 413 g/mol. The molecule has 0 aromatic heterocycles. The minimum atomic E-state index is -1.14. The third kappa shape index (κ3) is 4.36. The van der Waals surface area contributed by atoms with E-state index in [4.69, 9.17) is 21.4 Å². The predicted molar refractivity (Wildman–Crippen MR) is 79.7 cm³/mol. The van der Waals surface area contributed by atoms with Crippen molar-refractivity contribution in [1.29, 1.82) is 0 Å². The van der Waals surface area contributed by atoms with Crippen molar-refractivity contribution in [3.05, 3.63) is 23.2 Å². The zero-order chi connectivity index (χ0) is 14.6. The summed E-state index contributed by atoms with van der Waals surface area (Å²) in [6.07, 6.45) is 0. The fraction of sp³-hybridized carbons (Fsp3) is 0.273. The molecule has 8 heteroatoms. The van der Waals surface area contributed by atoms with Gasteiger partial charge in [-0.05, 0) is 18.2 Å². The zero-order valence-electron chi connectivity index (χ0n) is 9.69. The third-order valence-electron chi connectivity index (χ3n) is 2.16. The van der Waals surface area contributed by atoms with E-state index in [0.29, 0.717) is 16.5 Å². The predicted octanol–water partition coefficient (Wildman–Crippen LogP) is 2.90. The standard InChI is InChI=1S/C11H10Br2ClNO4/c1-19-7-3-2-5(14)4-6(7)15-10(16)8(12)9(13)11(17)18/h2-4,8-9H,1H3,(H,15,16)(H,17,18)/t8-,9-/m0/s1. The third-order valence-corrected chi connectivity index (χ3v) is 4.97. The van der Waals surface area contributed by atoms with Crippen LogP contribution in [0.3, 0.4) is 0 Å². The summed E-state index contributed by atoms with van der Waals surface area (Å²) in [5.41, 5.74) is 0.370. The minimum absolute atomic E-state index is 0.370. The number of hydrogen-bond donors (Lipinski definition) is 2. The Morgan fingerprint density at radius 1 is 1.37 bits per heavy atom. The van der Waals surface area contributed by atoms with Gasteiger partial charge in [-0.15, -0.1) is 0 Å². The largest absolute Gasteiger partial charge is 0.495 e. The molecular formula is C11H10Br2ClNO4. The number of aliphatic carboxylic acids is 1. The molecule has 0 spiro atoms. The van der Waals surface area contributed by atoms with E-state index >= 15 is 0 Å². The normalized spacial score (nSPS) is 13.5. The van der Waals surface area contributed by atoms with Gasteiger partial charge in [0.25, 0.3) is 0 Å². The Morgan fingerprint density at radius 2 is 2.00 bits per heavy atom. The lowest BCUT2D eigenvalue weighted by molar-refractivity contribution is -0.137. The molecule has 1 rings (SSSR count). The molecule has 0 aliphatic heterocycles. The fourth-order valence-corrected chi connectivity index (χ4v) is 1.99. The highest BCUT2D eigenvalue weighted by Crippen LogP contribution is 2.28. The van der Waals surface area contributed by atoms with E-state index < -0.39 is 21.5 Å². The molecule has 5 nitrogen and oxygen atoms in total. The second-order valence-corrected chi connectivity index (χ2v) is 5.89. The van der Waals surface area contributed by atoms with Crippen LogP contribution in [-0.4, -0.2) is 33.7 Å². The van der Waals surface area contributed by atoms with E-state index in [1.54, 1.807) is 12.1 Å². The summed E-state index contributed by atoms with van der Waals surface area (Å²) < 4.78 is 5.07. The maximum absolute atomic E-state index is 11.9. The van der Waals surface area contributed by atoms with Gasteiger partial charge in [0, 0.05) is 5.02 Å². The molecule has 1 aromatic rings. The molecule has 0 aliphatic rings. The average Bonchev–Trinajstić information content (AvgIpc) is 2.37. The van der Waals surface area contributed by atoms with Crippen LogP contribution in [0.25, 0.3) is 0 Å². The first-order valence-electron chi connectivity index (χ1n) is 5.02. The number of carbonyl (C=O) groups is 2. The maximum atomic E-state index is 11.9. The topological polar surface area (TPSA) is 75.6 Å². The average molecular weight is 415 g/mol. The molecule has 0 unspecified atom stereocenters. The van der Waals surface area contributed by atoms with Gasteiger partial charge in [0.1, 0.15) is 15.4 Å². The lowest BCUT2D eigenvalue weighted by atomic mass is 10.2. The molecule has 1 aromatic carbocycles. The number of rotatable bonds is 5. The molecule has 0 saturated carbocycles. The summed E-state index contributed by atoms with van der Waals surface area (Å²) >= 11 is 11.8. The fourth-order valence-electron chi connectivity index (χ4n) is 1.24. The SMILES string of the molecule is COc1ccc(Cl)cc1NC(=O)[C@@H](Br)[C@H](Br)C(=O)O. The molecule has 2 N–H and O–H groups in total. The number of anilines is 1. The van der Waals surface area contributed by atoms with Gasteiger partial charge in [0.2, 0.25) is 5.91 Å². The van der Waals surface area contributed by atoms with Crippen LogP contribution in [0.2, 0.25) is 5.02 Å². The summed E-state index contributed by atoms with van der Waals surface area (Å²) in [6.45, 7) is 0. The summed E-state index contributed by atoms with van der Waals surface area (Å²) in [5.74, 6) is -1.24. The number of halogens is 3. The molecule has 104 valence electrons. The number of nitrogens with one attached hydrogen (secondary N) is 1. The molecule has 0 fully saturated rings. The number of carboxylic acid groups (broad SMARTS) is 1. The number of amides is 1. The first-order chi connectivity index (χ1) is 8.86. The van der Waals surface area contributed by atoms with Crippen molar-refractivity contribution >= 4 is 61.0 Å². The molecule has 0 saturated heterocycles. The highest BCUT2D eigenvalue weighted by Gasteiger charge is 2.29. The van der Waals surface area contributed by atoms with Crippen molar-refractivity contribution < 1.29 is 19.4 Å². The number of benzene rings is 1. The minimum Gasteiger partial charge on any atom is -0.495 e. The highest BCUT2D eigenvalue weighted by molar-refractivity contribution is 9.12. The highest BCUT2D eigenvalue weighted by atomic mass is 79.9. The number of methoxy groups -OCH3 is 1. The van der Waals surface area contributed by atoms with Gasteiger partial charge in [0.05, 0.1) is 12.8 Å². The first-order valence-corrected chi connectivity index (χ1v) is 7.23. The summed E-state index contributed by atoms with van der Waals surface area (Å²) in [4.78, 5) is 20.7. The second-order valence-electron chi connectivity index (χ2n) is 3.48. The Hall–Kier alpha value is -0.790. The molecule has 19 heavy (non-hydrogen) atoms. The molecule has 2 atom stereocenters. The van der Waals surface area contributed by atoms with Gasteiger partial charge in [-0.1, -0.05) is 43.5 Å². The van der Waals surface area contributed by atoms with E-state index in [1.807, 2.05) is 0 Å². The van der Waals surface area contributed by atoms with Crippen LogP contribution in [0.15, 0.2) is 18.2 Å². The van der Waals surface area contributed by atoms with Crippen LogP contribution >= 0.6 is 43.5 Å². The maximum Gasteiger partial charge on any atom is 0.318 e. The molecule has 1 amide bonds. The summed E-state index contributed by atoms with van der Waals surface area (Å²) in [7, 11) is 1.45. The van der Waals surface area contributed by atoms with Gasteiger partial charge in [-0.3, -0.25) is 9.59 Å². The number of carbonyl (C=O) groups excluding carboxylic acids is 1. The Kier molecular flexibility index (Phi) is 6.09. The van der Waals surface area contributed by atoms with E-state index in [-0.39, 0.29) is 0 Å². The van der Waals surface area contributed by atoms with Crippen molar-refractivity contribution in [2.24, 2.45) is 0 Å². The Morgan fingerprint density at radius 3 is 2.53 bits per heavy atom. The van der Waals surface area contributed by atoms with Crippen LogP contribution in [0.4, 0.5) is 5.69 Å². The second kappa shape index (κ2) is 7.12. The van der Waals surface area contributed by atoms with Gasteiger partial charge in [-0.25, -0.2) is 0 Å². The quantitative estimate of drug-likeness (QED) is 0.726. The van der Waals surface area contributed by atoms with Crippen molar-refractivity contribution in [3.63, 3.8) is 0 Å². The molecular weight excluding hydrogens is 405 g/mol. The van der Waals surface area contributed by atoms with Gasteiger partial charge < -0.3 is 15.2 Å². The van der Waals surface area contributed by atoms with Crippen molar-refractivity contribution in [2.45, 2.75) is 9.65 Å². The number of hydrogen-bond acceptors (Lipinski definition) is 3. The summed E-state index contributed by atoms with van der Waals surface area (Å²) in [5, 5.41) is 11.8.